The normalized spacial score (nSPS) is 19.1. The quantitative estimate of drug-likeness (QED) is 0.892. The van der Waals surface area contributed by atoms with Crippen molar-refractivity contribution in [1.82, 2.24) is 5.32 Å². The van der Waals surface area contributed by atoms with Gasteiger partial charge in [-0.25, -0.2) is 0 Å². The molecular formula is C22H22N2O. The van der Waals surface area contributed by atoms with Gasteiger partial charge in [0.05, 0.1) is 17.3 Å². The fourth-order valence-electron chi connectivity index (χ4n) is 3.38. The van der Waals surface area contributed by atoms with Gasteiger partial charge in [0.1, 0.15) is 0 Å². The molecular weight excluding hydrogens is 308 g/mol. The molecule has 0 bridgehead atoms. The lowest BCUT2D eigenvalue weighted by Crippen LogP contribution is -2.33. The third-order valence-electron chi connectivity index (χ3n) is 5.17. The molecule has 126 valence electrons. The SMILES string of the molecule is CCC1(C)Cc2ccccc2C(NC(=O)c2ccc(C)cc2)=C1C#N. The second kappa shape index (κ2) is 6.57. The fraction of sp³-hybridized carbons (Fsp3) is 0.273. The third kappa shape index (κ3) is 3.08. The highest BCUT2D eigenvalue weighted by Crippen LogP contribution is 2.43. The zero-order valence-electron chi connectivity index (χ0n) is 14.9. The molecule has 2 aromatic carbocycles. The van der Waals surface area contributed by atoms with Crippen LogP contribution in [-0.2, 0) is 6.42 Å². The molecule has 0 spiro atoms. The van der Waals surface area contributed by atoms with E-state index >= 15 is 0 Å². The Labute approximate surface area is 149 Å². The number of carbonyl (C=O) groups excluding carboxylic acids is 1. The molecule has 1 unspecified atom stereocenters. The summed E-state index contributed by atoms with van der Waals surface area (Å²) in [7, 11) is 0. The van der Waals surface area contributed by atoms with E-state index in [-0.39, 0.29) is 11.3 Å². The Bertz CT molecular complexity index is 887. The predicted octanol–water partition coefficient (Wildman–Crippen LogP) is 4.63. The number of nitrogens with one attached hydrogen (secondary N) is 1. The average Bonchev–Trinajstić information content (AvgIpc) is 2.62. The van der Waals surface area contributed by atoms with Gasteiger partial charge in [-0.1, -0.05) is 55.8 Å². The first-order valence-electron chi connectivity index (χ1n) is 8.59. The van der Waals surface area contributed by atoms with E-state index < -0.39 is 0 Å². The highest BCUT2D eigenvalue weighted by molar-refractivity contribution is 6.01. The summed E-state index contributed by atoms with van der Waals surface area (Å²) in [5.41, 5.74) is 4.87. The Morgan fingerprint density at radius 1 is 1.20 bits per heavy atom. The van der Waals surface area contributed by atoms with Crippen LogP contribution in [-0.4, -0.2) is 5.91 Å². The highest BCUT2D eigenvalue weighted by atomic mass is 16.1. The number of carbonyl (C=O) groups is 1. The van der Waals surface area contributed by atoms with E-state index in [0.29, 0.717) is 16.8 Å². The molecule has 0 fully saturated rings. The number of aryl methyl sites for hydroxylation is 1. The number of nitriles is 1. The number of nitrogens with zero attached hydrogens (tertiary/aromatic N) is 1. The molecule has 3 nitrogen and oxygen atoms in total. The van der Waals surface area contributed by atoms with Crippen molar-refractivity contribution in [3.8, 4) is 6.07 Å². The Balaban J connectivity index is 2.07. The minimum Gasteiger partial charge on any atom is -0.321 e. The van der Waals surface area contributed by atoms with Gasteiger partial charge in [0.25, 0.3) is 5.91 Å². The smallest absolute Gasteiger partial charge is 0.255 e. The Kier molecular flexibility index (Phi) is 4.46. The Morgan fingerprint density at radius 3 is 2.52 bits per heavy atom. The minimum absolute atomic E-state index is 0.182. The van der Waals surface area contributed by atoms with Gasteiger partial charge in [-0.2, -0.15) is 5.26 Å². The minimum atomic E-state index is -0.265. The largest absolute Gasteiger partial charge is 0.321 e. The molecule has 0 saturated carbocycles. The topological polar surface area (TPSA) is 52.9 Å². The van der Waals surface area contributed by atoms with Crippen molar-refractivity contribution in [2.45, 2.75) is 33.6 Å². The van der Waals surface area contributed by atoms with Crippen molar-refractivity contribution in [3.05, 3.63) is 76.4 Å². The number of hydrogen-bond donors (Lipinski definition) is 1. The van der Waals surface area contributed by atoms with E-state index in [1.54, 1.807) is 0 Å². The molecule has 3 rings (SSSR count). The second-order valence-electron chi connectivity index (χ2n) is 6.93. The molecule has 1 N–H and O–H groups in total. The van der Waals surface area contributed by atoms with Gasteiger partial charge >= 0.3 is 0 Å². The lowest BCUT2D eigenvalue weighted by Gasteiger charge is -2.35. The summed E-state index contributed by atoms with van der Waals surface area (Å²) in [5, 5.41) is 12.8. The Morgan fingerprint density at radius 2 is 1.88 bits per heavy atom. The molecule has 0 radical (unpaired) electrons. The van der Waals surface area contributed by atoms with Crippen LogP contribution in [0.15, 0.2) is 54.1 Å². The summed E-state index contributed by atoms with van der Waals surface area (Å²) in [6.07, 6.45) is 1.65. The number of amides is 1. The molecule has 1 amide bonds. The van der Waals surface area contributed by atoms with E-state index in [0.717, 1.165) is 24.0 Å². The van der Waals surface area contributed by atoms with E-state index in [9.17, 15) is 10.1 Å². The first kappa shape index (κ1) is 17.0. The maximum Gasteiger partial charge on any atom is 0.255 e. The lowest BCUT2D eigenvalue weighted by molar-refractivity contribution is 0.0973. The summed E-state index contributed by atoms with van der Waals surface area (Å²) in [6, 6.07) is 17.8. The van der Waals surface area contributed by atoms with Crippen LogP contribution in [0.3, 0.4) is 0 Å². The van der Waals surface area contributed by atoms with Crippen LogP contribution in [0, 0.1) is 23.7 Å². The molecule has 0 saturated heterocycles. The molecule has 0 aromatic heterocycles. The van der Waals surface area contributed by atoms with Crippen LogP contribution in [0.2, 0.25) is 0 Å². The van der Waals surface area contributed by atoms with Gasteiger partial charge in [-0.05, 0) is 37.5 Å². The van der Waals surface area contributed by atoms with Crippen LogP contribution in [0.5, 0.6) is 0 Å². The zero-order chi connectivity index (χ0) is 18.0. The van der Waals surface area contributed by atoms with Gasteiger partial charge in [0, 0.05) is 16.5 Å². The van der Waals surface area contributed by atoms with Gasteiger partial charge in [0.15, 0.2) is 0 Å². The Hall–Kier alpha value is -2.86. The maximum atomic E-state index is 12.7. The van der Waals surface area contributed by atoms with E-state index in [1.807, 2.05) is 49.4 Å². The molecule has 0 heterocycles. The van der Waals surface area contributed by atoms with Gasteiger partial charge in [-0.15, -0.1) is 0 Å². The molecule has 2 aromatic rings. The summed E-state index contributed by atoms with van der Waals surface area (Å²) >= 11 is 0. The first-order chi connectivity index (χ1) is 12.0. The number of allylic oxidation sites excluding steroid dienone is 1. The molecule has 0 aliphatic heterocycles. The van der Waals surface area contributed by atoms with Gasteiger partial charge in [-0.3, -0.25) is 4.79 Å². The number of benzene rings is 2. The second-order valence-corrected chi connectivity index (χ2v) is 6.93. The van der Waals surface area contributed by atoms with Crippen molar-refractivity contribution in [2.24, 2.45) is 5.41 Å². The average molecular weight is 330 g/mol. The standard InChI is InChI=1S/C22H22N2O/c1-4-22(3)13-17-7-5-6-8-18(17)20(19(22)14-23)24-21(25)16-11-9-15(2)10-12-16/h5-12H,4,13H2,1-3H3,(H,24,25). The van der Waals surface area contributed by atoms with Crippen molar-refractivity contribution in [1.29, 1.82) is 5.26 Å². The van der Waals surface area contributed by atoms with Crippen molar-refractivity contribution in [2.75, 3.05) is 0 Å². The molecule has 3 heteroatoms. The van der Waals surface area contributed by atoms with E-state index in [4.69, 9.17) is 0 Å². The summed E-state index contributed by atoms with van der Waals surface area (Å²) in [6.45, 7) is 6.17. The lowest BCUT2D eigenvalue weighted by atomic mass is 9.69. The predicted molar refractivity (Wildman–Crippen MR) is 99.7 cm³/mol. The molecule has 25 heavy (non-hydrogen) atoms. The summed E-state index contributed by atoms with van der Waals surface area (Å²) < 4.78 is 0. The molecule has 1 atom stereocenters. The number of fused-ring (bicyclic) bond motifs is 1. The van der Waals surface area contributed by atoms with Crippen molar-refractivity contribution in [3.63, 3.8) is 0 Å². The maximum absolute atomic E-state index is 12.7. The summed E-state index contributed by atoms with van der Waals surface area (Å²) in [5.74, 6) is -0.182. The van der Waals surface area contributed by atoms with Crippen LogP contribution >= 0.6 is 0 Å². The molecule has 1 aliphatic carbocycles. The molecule has 1 aliphatic rings. The van der Waals surface area contributed by atoms with Crippen LogP contribution in [0.4, 0.5) is 0 Å². The van der Waals surface area contributed by atoms with Gasteiger partial charge in [0.2, 0.25) is 0 Å². The highest BCUT2D eigenvalue weighted by Gasteiger charge is 2.36. The number of rotatable bonds is 3. The van der Waals surface area contributed by atoms with Crippen molar-refractivity contribution < 1.29 is 4.79 Å². The van der Waals surface area contributed by atoms with E-state index in [2.05, 4.69) is 31.3 Å². The van der Waals surface area contributed by atoms with Crippen LogP contribution < -0.4 is 5.32 Å². The first-order valence-corrected chi connectivity index (χ1v) is 8.59. The van der Waals surface area contributed by atoms with Gasteiger partial charge < -0.3 is 5.32 Å². The van der Waals surface area contributed by atoms with Crippen molar-refractivity contribution >= 4 is 11.6 Å². The van der Waals surface area contributed by atoms with Crippen LogP contribution in [0.25, 0.3) is 5.70 Å². The fourth-order valence-corrected chi connectivity index (χ4v) is 3.38. The zero-order valence-corrected chi connectivity index (χ0v) is 14.9. The number of hydrogen-bond acceptors (Lipinski definition) is 2. The monoisotopic (exact) mass is 330 g/mol. The third-order valence-corrected chi connectivity index (χ3v) is 5.17. The van der Waals surface area contributed by atoms with Crippen LogP contribution in [0.1, 0.15) is 47.3 Å². The summed E-state index contributed by atoms with van der Waals surface area (Å²) in [4.78, 5) is 12.7. The van der Waals surface area contributed by atoms with E-state index in [1.165, 1.54) is 5.56 Å².